The first kappa shape index (κ1) is 27.9. The fourth-order valence-electron chi connectivity index (χ4n) is 4.60. The number of hydrogen-bond donors (Lipinski definition) is 2. The maximum absolute atomic E-state index is 14.2. The normalized spacial score (nSPS) is 16.1. The summed E-state index contributed by atoms with van der Waals surface area (Å²) in [7, 11) is 3.28. The molecular formula is C28H31BrN4O4S. The van der Waals surface area contributed by atoms with Crippen LogP contribution in [0.15, 0.2) is 59.1 Å². The van der Waals surface area contributed by atoms with Crippen molar-refractivity contribution >= 4 is 67.6 Å². The Bertz CT molecular complexity index is 1370. The van der Waals surface area contributed by atoms with Crippen LogP contribution in [0.2, 0.25) is 0 Å². The molecular weight excluding hydrogens is 568 g/mol. The molecule has 10 heteroatoms. The molecule has 0 aromatic heterocycles. The van der Waals surface area contributed by atoms with Gasteiger partial charge in [0, 0.05) is 10.0 Å². The van der Waals surface area contributed by atoms with E-state index in [1.54, 1.807) is 30.9 Å². The van der Waals surface area contributed by atoms with Crippen molar-refractivity contribution in [2.24, 2.45) is 0 Å². The number of rotatable bonds is 8. The standard InChI is InChI=1S/C28H31BrN4O4S/c1-17(30-2)27(35)31-22-15-32(26(34)16-38-4)23-10-5-6-11-24(23)33(28(22)36)14-20-18-8-7-9-21(29)19(18)12-13-25(20)37-3/h5-13,17,22,30H,14-16H2,1-4H3,(H,31,35)/t17-,22?/m0/s1. The molecule has 2 N–H and O–H groups in total. The molecule has 4 rings (SSSR count). The van der Waals surface area contributed by atoms with Crippen molar-refractivity contribution in [3.63, 3.8) is 0 Å². The van der Waals surface area contributed by atoms with Crippen molar-refractivity contribution in [2.45, 2.75) is 25.6 Å². The molecule has 0 aliphatic carbocycles. The molecule has 3 aromatic rings. The molecule has 3 aromatic carbocycles. The zero-order valence-electron chi connectivity index (χ0n) is 21.8. The summed E-state index contributed by atoms with van der Waals surface area (Å²) in [4.78, 5) is 43.6. The summed E-state index contributed by atoms with van der Waals surface area (Å²) in [6, 6.07) is 15.7. The number of nitrogens with one attached hydrogen (secondary N) is 2. The number of benzene rings is 3. The van der Waals surface area contributed by atoms with Crippen LogP contribution < -0.4 is 25.2 Å². The van der Waals surface area contributed by atoms with Crippen LogP contribution in [-0.2, 0) is 20.9 Å². The molecule has 3 amide bonds. The van der Waals surface area contributed by atoms with Crippen molar-refractivity contribution in [3.05, 3.63) is 64.6 Å². The van der Waals surface area contributed by atoms with Crippen LogP contribution in [0.4, 0.5) is 11.4 Å². The van der Waals surface area contributed by atoms with E-state index in [1.165, 1.54) is 11.8 Å². The lowest BCUT2D eigenvalue weighted by molar-refractivity contribution is -0.128. The fraction of sp³-hybridized carbons (Fsp3) is 0.321. The quantitative estimate of drug-likeness (QED) is 0.408. The second kappa shape index (κ2) is 12.2. The molecule has 1 unspecified atom stereocenters. The summed E-state index contributed by atoms with van der Waals surface area (Å²) in [6.45, 7) is 1.94. The van der Waals surface area contributed by atoms with Gasteiger partial charge in [0.25, 0.3) is 5.91 Å². The second-order valence-electron chi connectivity index (χ2n) is 9.00. The molecule has 1 heterocycles. The Morgan fingerprint density at radius 3 is 2.53 bits per heavy atom. The van der Waals surface area contributed by atoms with Crippen LogP contribution in [0.25, 0.3) is 10.8 Å². The monoisotopic (exact) mass is 598 g/mol. The van der Waals surface area contributed by atoms with Gasteiger partial charge in [-0.15, -0.1) is 0 Å². The molecule has 0 saturated carbocycles. The van der Waals surface area contributed by atoms with Gasteiger partial charge >= 0.3 is 0 Å². The smallest absolute Gasteiger partial charge is 0.251 e. The SMILES string of the molecule is CN[C@@H](C)C(=O)NC1CN(C(=O)CSC)c2ccccc2N(Cc2c(OC)ccc3c(Br)cccc23)C1=O. The first-order valence-corrected chi connectivity index (χ1v) is 14.4. The van der Waals surface area contributed by atoms with Gasteiger partial charge in [-0.2, -0.15) is 11.8 Å². The second-order valence-corrected chi connectivity index (χ2v) is 10.7. The molecule has 0 fully saturated rings. The summed E-state index contributed by atoms with van der Waals surface area (Å²) in [5.41, 5.74) is 2.05. The summed E-state index contributed by atoms with van der Waals surface area (Å²) in [5.74, 6) is 0.140. The zero-order valence-corrected chi connectivity index (χ0v) is 24.2. The predicted molar refractivity (Wildman–Crippen MR) is 157 cm³/mol. The summed E-state index contributed by atoms with van der Waals surface area (Å²) >= 11 is 5.04. The minimum Gasteiger partial charge on any atom is -0.496 e. The topological polar surface area (TPSA) is 91.0 Å². The van der Waals surface area contributed by atoms with Crippen LogP contribution in [-0.4, -0.2) is 62.5 Å². The Labute approximate surface area is 235 Å². The number of carbonyl (C=O) groups excluding carboxylic acids is 3. The Morgan fingerprint density at radius 1 is 1.11 bits per heavy atom. The number of likely N-dealkylation sites (N-methyl/N-ethyl adjacent to an activating group) is 1. The third kappa shape index (κ3) is 5.52. The predicted octanol–water partition coefficient (Wildman–Crippen LogP) is 3.95. The van der Waals surface area contributed by atoms with E-state index in [4.69, 9.17) is 4.74 Å². The number of amides is 3. The first-order valence-electron chi connectivity index (χ1n) is 12.2. The highest BCUT2D eigenvalue weighted by atomic mass is 79.9. The van der Waals surface area contributed by atoms with E-state index in [1.807, 2.05) is 60.9 Å². The Kier molecular flexibility index (Phi) is 8.96. The van der Waals surface area contributed by atoms with Gasteiger partial charge in [-0.3, -0.25) is 14.4 Å². The van der Waals surface area contributed by atoms with E-state index in [-0.39, 0.29) is 36.6 Å². The number of thioether (sulfide) groups is 1. The highest BCUT2D eigenvalue weighted by Gasteiger charge is 2.37. The zero-order chi connectivity index (χ0) is 27.4. The lowest BCUT2D eigenvalue weighted by atomic mass is 10.0. The highest BCUT2D eigenvalue weighted by molar-refractivity contribution is 9.10. The van der Waals surface area contributed by atoms with Crippen molar-refractivity contribution in [2.75, 3.05) is 42.5 Å². The van der Waals surface area contributed by atoms with E-state index >= 15 is 0 Å². The largest absolute Gasteiger partial charge is 0.496 e. The lowest BCUT2D eigenvalue weighted by Gasteiger charge is -2.27. The van der Waals surface area contributed by atoms with Gasteiger partial charge in [-0.25, -0.2) is 0 Å². The molecule has 2 atom stereocenters. The van der Waals surface area contributed by atoms with E-state index in [0.29, 0.717) is 17.1 Å². The van der Waals surface area contributed by atoms with Crippen molar-refractivity contribution < 1.29 is 19.1 Å². The van der Waals surface area contributed by atoms with Crippen LogP contribution in [0.5, 0.6) is 5.75 Å². The molecule has 0 radical (unpaired) electrons. The van der Waals surface area contributed by atoms with Crippen molar-refractivity contribution in [3.8, 4) is 5.75 Å². The average Bonchev–Trinajstić information content (AvgIpc) is 3.03. The van der Waals surface area contributed by atoms with Gasteiger partial charge in [-0.1, -0.05) is 40.2 Å². The number of carbonyl (C=O) groups is 3. The number of ether oxygens (including phenoxy) is 1. The van der Waals surface area contributed by atoms with E-state index in [0.717, 1.165) is 20.8 Å². The Balaban J connectivity index is 1.87. The van der Waals surface area contributed by atoms with Gasteiger partial charge < -0.3 is 25.2 Å². The minimum atomic E-state index is -0.941. The highest BCUT2D eigenvalue weighted by Crippen LogP contribution is 2.38. The van der Waals surface area contributed by atoms with Crippen LogP contribution >= 0.6 is 27.7 Å². The summed E-state index contributed by atoms with van der Waals surface area (Å²) < 4.78 is 6.65. The van der Waals surface area contributed by atoms with E-state index in [9.17, 15) is 14.4 Å². The maximum atomic E-state index is 14.2. The van der Waals surface area contributed by atoms with Crippen LogP contribution in [0.3, 0.4) is 0 Å². The number of fused-ring (bicyclic) bond motifs is 2. The molecule has 0 bridgehead atoms. The van der Waals surface area contributed by atoms with Gasteiger partial charge in [0.05, 0.1) is 43.4 Å². The Morgan fingerprint density at radius 2 is 1.84 bits per heavy atom. The average molecular weight is 600 g/mol. The van der Waals surface area contributed by atoms with E-state index in [2.05, 4.69) is 26.6 Å². The van der Waals surface area contributed by atoms with Gasteiger partial charge in [0.15, 0.2) is 0 Å². The minimum absolute atomic E-state index is 0.0339. The number of para-hydroxylation sites is 2. The fourth-order valence-corrected chi connectivity index (χ4v) is 5.50. The molecule has 200 valence electrons. The molecule has 8 nitrogen and oxygen atoms in total. The summed E-state index contributed by atoms with van der Waals surface area (Å²) in [5, 5.41) is 7.71. The van der Waals surface area contributed by atoms with Crippen LogP contribution in [0, 0.1) is 0 Å². The molecule has 38 heavy (non-hydrogen) atoms. The van der Waals surface area contributed by atoms with Crippen molar-refractivity contribution in [1.82, 2.24) is 10.6 Å². The maximum Gasteiger partial charge on any atom is 0.251 e. The van der Waals surface area contributed by atoms with Gasteiger partial charge in [-0.05, 0) is 61.3 Å². The number of hydrogen-bond acceptors (Lipinski definition) is 6. The first-order chi connectivity index (χ1) is 18.3. The van der Waals surface area contributed by atoms with Gasteiger partial charge in [0.2, 0.25) is 11.8 Å². The van der Waals surface area contributed by atoms with Gasteiger partial charge in [0.1, 0.15) is 11.8 Å². The number of halogens is 1. The lowest BCUT2D eigenvalue weighted by Crippen LogP contribution is -2.56. The third-order valence-corrected chi connectivity index (χ3v) is 7.94. The Hall–Kier alpha value is -3.08. The molecule has 1 aliphatic heterocycles. The number of anilines is 2. The van der Waals surface area contributed by atoms with Crippen molar-refractivity contribution in [1.29, 1.82) is 0 Å². The number of nitrogens with zero attached hydrogens (tertiary/aromatic N) is 2. The molecule has 0 spiro atoms. The third-order valence-electron chi connectivity index (χ3n) is 6.72. The number of methoxy groups -OCH3 is 1. The van der Waals surface area contributed by atoms with Crippen LogP contribution in [0.1, 0.15) is 12.5 Å². The molecule has 0 saturated heterocycles. The summed E-state index contributed by atoms with van der Waals surface area (Å²) in [6.07, 6.45) is 1.86. The molecule has 1 aliphatic rings. The van der Waals surface area contributed by atoms with E-state index < -0.39 is 12.1 Å².